The Morgan fingerprint density at radius 3 is 2.48 bits per heavy atom. The average molecular weight is 394 g/mol. The summed E-state index contributed by atoms with van der Waals surface area (Å²) in [7, 11) is 0. The first-order valence-corrected chi connectivity index (χ1v) is 9.00. The highest BCUT2D eigenvalue weighted by atomic mass is 35.5. The van der Waals surface area contributed by atoms with E-state index in [1.807, 2.05) is 48.5 Å². The summed E-state index contributed by atoms with van der Waals surface area (Å²) >= 11 is 12.2. The lowest BCUT2D eigenvalue weighted by Gasteiger charge is -2.01. The number of ether oxygens (including phenoxy) is 1. The number of carbonyl (C=O) groups is 1. The molecule has 132 valence electrons. The van der Waals surface area contributed by atoms with Gasteiger partial charge in [-0.25, -0.2) is 9.79 Å². The van der Waals surface area contributed by atoms with Gasteiger partial charge < -0.3 is 4.74 Å². The molecule has 0 spiro atoms. The van der Waals surface area contributed by atoms with Crippen LogP contribution in [0.25, 0.3) is 22.9 Å². The lowest BCUT2D eigenvalue weighted by atomic mass is 10.0. The van der Waals surface area contributed by atoms with Crippen molar-refractivity contribution in [2.24, 2.45) is 4.99 Å². The number of hydrogen-bond donors (Lipinski definition) is 0. The molecular weight excluding hydrogens is 381 g/mol. The van der Waals surface area contributed by atoms with Gasteiger partial charge in [0.15, 0.2) is 5.70 Å². The molecule has 0 aromatic heterocycles. The molecule has 0 unspecified atom stereocenters. The molecule has 0 bridgehead atoms. The first-order chi connectivity index (χ1) is 13.1. The van der Waals surface area contributed by atoms with Gasteiger partial charge >= 0.3 is 5.97 Å². The van der Waals surface area contributed by atoms with Gasteiger partial charge in [0.25, 0.3) is 0 Å². The third-order valence-electron chi connectivity index (χ3n) is 4.14. The maximum atomic E-state index is 12.2. The fourth-order valence-electron chi connectivity index (χ4n) is 2.83. The van der Waals surface area contributed by atoms with E-state index < -0.39 is 5.97 Å². The third kappa shape index (κ3) is 3.65. The number of rotatable bonds is 3. The van der Waals surface area contributed by atoms with Crippen LogP contribution in [0, 0.1) is 0 Å². The molecule has 0 saturated carbocycles. The van der Waals surface area contributed by atoms with Crippen LogP contribution in [-0.2, 0) is 9.53 Å². The maximum Gasteiger partial charge on any atom is 0.363 e. The van der Waals surface area contributed by atoms with Crippen LogP contribution in [0.5, 0.6) is 0 Å². The predicted octanol–water partition coefficient (Wildman–Crippen LogP) is 6.16. The van der Waals surface area contributed by atoms with E-state index in [-0.39, 0.29) is 11.6 Å². The Morgan fingerprint density at radius 2 is 1.59 bits per heavy atom. The molecular formula is C22H13Cl2NO2. The lowest BCUT2D eigenvalue weighted by Crippen LogP contribution is -2.01. The normalized spacial score (nSPS) is 15.6. The van der Waals surface area contributed by atoms with E-state index in [4.69, 9.17) is 27.9 Å². The van der Waals surface area contributed by atoms with Crippen molar-refractivity contribution >= 4 is 58.0 Å². The van der Waals surface area contributed by atoms with Crippen molar-refractivity contribution in [3.05, 3.63) is 93.6 Å². The molecule has 1 heterocycles. The summed E-state index contributed by atoms with van der Waals surface area (Å²) in [6.07, 6.45) is 5.04. The van der Waals surface area contributed by atoms with Gasteiger partial charge in [0.2, 0.25) is 5.90 Å². The lowest BCUT2D eigenvalue weighted by molar-refractivity contribution is -0.129. The second kappa shape index (κ2) is 7.39. The highest BCUT2D eigenvalue weighted by Crippen LogP contribution is 2.27. The summed E-state index contributed by atoms with van der Waals surface area (Å²) in [6, 6.07) is 19.2. The Kier molecular flexibility index (Phi) is 4.80. The number of fused-ring (bicyclic) bond motifs is 1. The average Bonchev–Trinajstić information content (AvgIpc) is 3.03. The van der Waals surface area contributed by atoms with Crippen molar-refractivity contribution < 1.29 is 9.53 Å². The van der Waals surface area contributed by atoms with E-state index >= 15 is 0 Å². The van der Waals surface area contributed by atoms with Gasteiger partial charge in [-0.2, -0.15) is 0 Å². The van der Waals surface area contributed by atoms with Crippen LogP contribution in [0.3, 0.4) is 0 Å². The van der Waals surface area contributed by atoms with Crippen LogP contribution < -0.4 is 0 Å². The van der Waals surface area contributed by atoms with Crippen LogP contribution in [0.15, 0.2) is 77.4 Å². The van der Waals surface area contributed by atoms with Crippen LogP contribution in [0.1, 0.15) is 11.1 Å². The standard InChI is InChI=1S/C22H13Cl2NO2/c23-18-10-4-7-15(21(18)24)11-12-20-25-19(22(26)27-20)13-16-8-3-6-14-5-1-2-9-17(14)16/h1-13H. The van der Waals surface area contributed by atoms with E-state index in [2.05, 4.69) is 4.99 Å². The topological polar surface area (TPSA) is 38.7 Å². The number of benzene rings is 3. The SMILES string of the molecule is O=C1OC(C=Cc2cccc(Cl)c2Cl)=NC1=Cc1cccc2ccccc12. The molecule has 0 fully saturated rings. The van der Waals surface area contributed by atoms with E-state index in [1.165, 1.54) is 0 Å². The van der Waals surface area contributed by atoms with Crippen molar-refractivity contribution in [1.29, 1.82) is 0 Å². The zero-order chi connectivity index (χ0) is 18.8. The number of halogens is 2. The molecule has 27 heavy (non-hydrogen) atoms. The van der Waals surface area contributed by atoms with Crippen LogP contribution in [0.2, 0.25) is 10.0 Å². The van der Waals surface area contributed by atoms with Crippen molar-refractivity contribution in [3.63, 3.8) is 0 Å². The number of carbonyl (C=O) groups excluding carboxylic acids is 1. The molecule has 4 rings (SSSR count). The van der Waals surface area contributed by atoms with Crippen molar-refractivity contribution in [3.8, 4) is 0 Å². The minimum atomic E-state index is -0.486. The van der Waals surface area contributed by atoms with Crippen molar-refractivity contribution in [2.75, 3.05) is 0 Å². The van der Waals surface area contributed by atoms with E-state index in [1.54, 1.807) is 30.4 Å². The third-order valence-corrected chi connectivity index (χ3v) is 4.97. The zero-order valence-corrected chi connectivity index (χ0v) is 15.5. The fraction of sp³-hybridized carbons (Fsp3) is 0. The molecule has 0 saturated heterocycles. The van der Waals surface area contributed by atoms with Crippen molar-refractivity contribution in [1.82, 2.24) is 0 Å². The number of esters is 1. The van der Waals surface area contributed by atoms with E-state index in [0.717, 1.165) is 21.9 Å². The molecule has 3 aromatic rings. The molecule has 0 amide bonds. The largest absolute Gasteiger partial charge is 0.403 e. The van der Waals surface area contributed by atoms with Gasteiger partial charge in [0, 0.05) is 6.08 Å². The summed E-state index contributed by atoms with van der Waals surface area (Å²) in [5.74, 6) is -0.276. The highest BCUT2D eigenvalue weighted by Gasteiger charge is 2.21. The Labute approximate surface area is 166 Å². The Balaban J connectivity index is 1.66. The van der Waals surface area contributed by atoms with Gasteiger partial charge in [-0.15, -0.1) is 0 Å². The Morgan fingerprint density at radius 1 is 0.852 bits per heavy atom. The summed E-state index contributed by atoms with van der Waals surface area (Å²) < 4.78 is 5.23. The first-order valence-electron chi connectivity index (χ1n) is 8.24. The molecule has 0 N–H and O–H groups in total. The van der Waals surface area contributed by atoms with Gasteiger partial charge in [-0.3, -0.25) is 0 Å². The van der Waals surface area contributed by atoms with Crippen molar-refractivity contribution in [2.45, 2.75) is 0 Å². The van der Waals surface area contributed by atoms with Gasteiger partial charge in [-0.05, 0) is 40.1 Å². The quantitative estimate of drug-likeness (QED) is 0.394. The predicted molar refractivity (Wildman–Crippen MR) is 111 cm³/mol. The second-order valence-electron chi connectivity index (χ2n) is 5.91. The minimum absolute atomic E-state index is 0.211. The van der Waals surface area contributed by atoms with Gasteiger partial charge in [0.05, 0.1) is 10.0 Å². The molecule has 3 nitrogen and oxygen atoms in total. The maximum absolute atomic E-state index is 12.2. The number of cyclic esters (lactones) is 1. The second-order valence-corrected chi connectivity index (χ2v) is 6.70. The number of aliphatic imine (C=N–C) groups is 1. The summed E-state index contributed by atoms with van der Waals surface area (Å²) in [6.45, 7) is 0. The van der Waals surface area contributed by atoms with Crippen LogP contribution in [-0.4, -0.2) is 11.9 Å². The van der Waals surface area contributed by atoms with E-state index in [0.29, 0.717) is 10.0 Å². The molecule has 0 aliphatic carbocycles. The Bertz CT molecular complexity index is 1140. The molecule has 1 aliphatic heterocycles. The minimum Gasteiger partial charge on any atom is -0.403 e. The number of hydrogen-bond acceptors (Lipinski definition) is 3. The Hall–Kier alpha value is -2.88. The van der Waals surface area contributed by atoms with Crippen LogP contribution >= 0.6 is 23.2 Å². The summed E-state index contributed by atoms with van der Waals surface area (Å²) in [5, 5.41) is 3.04. The monoisotopic (exact) mass is 393 g/mol. The van der Waals surface area contributed by atoms with E-state index in [9.17, 15) is 4.79 Å². The smallest absolute Gasteiger partial charge is 0.363 e. The summed E-state index contributed by atoms with van der Waals surface area (Å²) in [5.41, 5.74) is 1.88. The number of nitrogens with zero attached hydrogens (tertiary/aromatic N) is 1. The molecule has 5 heteroatoms. The molecule has 1 aliphatic rings. The molecule has 0 radical (unpaired) electrons. The van der Waals surface area contributed by atoms with Gasteiger partial charge in [0.1, 0.15) is 0 Å². The fourth-order valence-corrected chi connectivity index (χ4v) is 3.20. The summed E-state index contributed by atoms with van der Waals surface area (Å²) in [4.78, 5) is 16.5. The van der Waals surface area contributed by atoms with Gasteiger partial charge in [-0.1, -0.05) is 77.8 Å². The van der Waals surface area contributed by atoms with Crippen LogP contribution in [0.4, 0.5) is 0 Å². The molecule has 3 aromatic carbocycles. The zero-order valence-electron chi connectivity index (χ0n) is 14.0. The first kappa shape index (κ1) is 17.5. The highest BCUT2D eigenvalue weighted by molar-refractivity contribution is 6.42. The molecule has 0 atom stereocenters.